The average molecular weight is 1520 g/mol. The van der Waals surface area contributed by atoms with Crippen molar-refractivity contribution in [1.29, 1.82) is 0 Å². The second kappa shape index (κ2) is 33.0. The molecule has 500 valence electrons. The molecule has 2 aliphatic heterocycles. The molecule has 0 radical (unpaired) electrons. The molecular formula is C69H61Br3F9N11O4. The largest absolute Gasteiger partial charge is 0.347 e. The van der Waals surface area contributed by atoms with E-state index < -0.39 is 59.5 Å². The Balaban J connectivity index is 0.000000168. The third-order valence-corrected chi connectivity index (χ3v) is 16.4. The Bertz CT molecular complexity index is 4420. The van der Waals surface area contributed by atoms with Crippen molar-refractivity contribution in [2.24, 2.45) is 5.73 Å². The summed E-state index contributed by atoms with van der Waals surface area (Å²) >= 11 is 10.1. The van der Waals surface area contributed by atoms with Gasteiger partial charge in [-0.2, -0.15) is 32.9 Å². The molecule has 96 heavy (non-hydrogen) atoms. The molecule has 6 N–H and O–H groups in total. The number of nitrogens with two attached hydrogens (primary N) is 1. The monoisotopic (exact) mass is 1520 g/mol. The van der Waals surface area contributed by atoms with Crippen LogP contribution in [0.1, 0.15) is 66.6 Å². The third kappa shape index (κ3) is 19.7. The van der Waals surface area contributed by atoms with Crippen molar-refractivity contribution in [3.8, 4) is 0 Å². The average Bonchev–Trinajstić information content (AvgIpc) is 1.60. The molecule has 2 fully saturated rings. The van der Waals surface area contributed by atoms with Crippen LogP contribution in [0.25, 0.3) is 32.7 Å². The zero-order chi connectivity index (χ0) is 69.4. The Morgan fingerprint density at radius 3 is 1.46 bits per heavy atom. The Kier molecular flexibility index (Phi) is 25.0. The first-order chi connectivity index (χ1) is 45.8. The number of aromatic amines is 1. The Morgan fingerprint density at radius 1 is 0.542 bits per heavy atom. The van der Waals surface area contributed by atoms with E-state index in [4.69, 9.17) is 0 Å². The first kappa shape index (κ1) is 72.6. The second-order valence-electron chi connectivity index (χ2n) is 21.9. The standard InChI is InChI=1S/C27H22F4N4O2.C14H10BrFN2.C13H13F3N2O2.C7H6BrF.C7H5BrN2.CH5N/c1-27(30,31)26(37)33-22-13-24(36)35(25(22)17-4-8-20(29)9-5-17)21-10-11-23-18(12-21)14-32-34(23)15-16-2-6-19(28)7-3-16;15-12-3-6-14-11(7-12)8-17-18(14)9-10-1-4-13(16)5-2-10;1-13(15,16)12(20)17-9-6-10(19)18-11(9)7-2-4-8(14)5-3-7;8-5-6-1-3-7(9)4-2-6;8-6-1-2-7-5(3-6)4-9-10-7;1-2/h2-12,14,22,25H,13,15H2,1H3,(H,33,37);1-8H,9H2;2-5,9,11H,6H2,1H3,(H,17,20)(H,18,19);1-4H,5H2;1-4H,(H,9,10);2H2,1H3/t22-,25+;;9-,11+;;;/m0.0.../s1. The molecule has 0 saturated carbocycles. The Morgan fingerprint density at radius 2 is 0.969 bits per heavy atom. The highest BCUT2D eigenvalue weighted by Gasteiger charge is 2.45. The molecule has 8 aromatic carbocycles. The van der Waals surface area contributed by atoms with Crippen molar-refractivity contribution >= 4 is 110 Å². The molecule has 0 bridgehead atoms. The molecule has 27 heteroatoms. The van der Waals surface area contributed by atoms with E-state index in [1.54, 1.807) is 71.7 Å². The summed E-state index contributed by atoms with van der Waals surface area (Å²) in [4.78, 5) is 49.3. The van der Waals surface area contributed by atoms with Gasteiger partial charge in [0.05, 0.1) is 72.4 Å². The molecule has 0 unspecified atom stereocenters. The first-order valence-corrected chi connectivity index (χ1v) is 32.0. The summed E-state index contributed by atoms with van der Waals surface area (Å²) in [5.74, 6) is -12.5. The quantitative estimate of drug-likeness (QED) is 0.0588. The van der Waals surface area contributed by atoms with Gasteiger partial charge in [0.1, 0.15) is 29.1 Å². The number of fused-ring (bicyclic) bond motifs is 3. The smallest absolute Gasteiger partial charge is 0.321 e. The van der Waals surface area contributed by atoms with E-state index in [9.17, 15) is 58.7 Å². The molecule has 2 aliphatic rings. The minimum Gasteiger partial charge on any atom is -0.347 e. The molecule has 2 saturated heterocycles. The SMILES string of the molecule is Brc1ccc2[nH]ncc2c1.CC(F)(F)C(=O)N[C@H]1CC(=O)N(c2ccc3c(cnn3Cc3ccc(F)cc3)c2)[C@@H]1c1ccc(F)cc1.CC(F)(F)C(=O)N[C@H]1CC(=O)N[C@@H]1c1ccc(F)cc1.CN.Fc1ccc(CBr)cc1.Fc1ccc(Cn2ncc3cc(Br)ccc32)cc1. The number of carbonyl (C=O) groups is 4. The molecule has 4 amide bonds. The van der Waals surface area contributed by atoms with Crippen LogP contribution >= 0.6 is 47.8 Å². The van der Waals surface area contributed by atoms with E-state index in [0.29, 0.717) is 43.8 Å². The van der Waals surface area contributed by atoms with Gasteiger partial charge in [0.2, 0.25) is 11.8 Å². The van der Waals surface area contributed by atoms with Gasteiger partial charge < -0.3 is 26.6 Å². The van der Waals surface area contributed by atoms with Gasteiger partial charge in [-0.05, 0) is 150 Å². The van der Waals surface area contributed by atoms with Crippen LogP contribution < -0.4 is 26.6 Å². The number of nitrogens with zero attached hydrogens (tertiary/aromatic N) is 6. The summed E-state index contributed by atoms with van der Waals surface area (Å²) < 4.78 is 124. The maximum absolute atomic E-state index is 13.6. The fourth-order valence-corrected chi connectivity index (χ4v) is 11.2. The topological polar surface area (TPSA) is 198 Å². The number of alkyl halides is 5. The van der Waals surface area contributed by atoms with Gasteiger partial charge in [-0.15, -0.1) is 0 Å². The number of H-pyrrole nitrogens is 1. The number of hydrogen-bond donors (Lipinski definition) is 5. The highest BCUT2D eigenvalue weighted by atomic mass is 79.9. The lowest BCUT2D eigenvalue weighted by molar-refractivity contribution is -0.144. The van der Waals surface area contributed by atoms with Crippen LogP contribution in [-0.4, -0.2) is 84.4 Å². The van der Waals surface area contributed by atoms with Crippen molar-refractivity contribution in [2.45, 2.75) is 81.1 Å². The normalized spacial score (nSPS) is 15.7. The number of benzene rings is 8. The summed E-state index contributed by atoms with van der Waals surface area (Å²) in [7, 11) is 1.50. The van der Waals surface area contributed by atoms with E-state index in [1.807, 2.05) is 47.3 Å². The van der Waals surface area contributed by atoms with Crippen LogP contribution in [0.4, 0.5) is 45.2 Å². The van der Waals surface area contributed by atoms with Gasteiger partial charge in [0.25, 0.3) is 11.8 Å². The first-order valence-electron chi connectivity index (χ1n) is 29.3. The molecule has 5 heterocycles. The van der Waals surface area contributed by atoms with Crippen molar-refractivity contribution in [1.82, 2.24) is 45.7 Å². The number of rotatable bonds is 12. The zero-order valence-electron chi connectivity index (χ0n) is 51.2. The minimum absolute atomic E-state index is 0.0934. The van der Waals surface area contributed by atoms with Crippen LogP contribution in [0, 0.1) is 29.1 Å². The van der Waals surface area contributed by atoms with Gasteiger partial charge in [-0.3, -0.25) is 33.6 Å². The molecule has 15 nitrogen and oxygen atoms in total. The Labute approximate surface area is 570 Å². The predicted molar refractivity (Wildman–Crippen MR) is 359 cm³/mol. The van der Waals surface area contributed by atoms with Crippen molar-refractivity contribution < 1.29 is 58.7 Å². The molecule has 0 spiro atoms. The number of amides is 4. The van der Waals surface area contributed by atoms with E-state index >= 15 is 0 Å². The van der Waals surface area contributed by atoms with Gasteiger partial charge in [0.15, 0.2) is 0 Å². The van der Waals surface area contributed by atoms with Gasteiger partial charge in [0, 0.05) is 62.8 Å². The predicted octanol–water partition coefficient (Wildman–Crippen LogP) is 15.1. The number of halogens is 12. The summed E-state index contributed by atoms with van der Waals surface area (Å²) in [5, 5.41) is 26.3. The molecule has 3 aromatic heterocycles. The fourth-order valence-electron chi connectivity index (χ4n) is 10.1. The minimum atomic E-state index is -3.62. The molecular weight excluding hydrogens is 1460 g/mol. The van der Waals surface area contributed by atoms with Crippen molar-refractivity contribution in [2.75, 3.05) is 11.9 Å². The lowest BCUT2D eigenvalue weighted by Crippen LogP contribution is -2.46. The summed E-state index contributed by atoms with van der Waals surface area (Å²) in [5.41, 5.74) is 11.9. The molecule has 13 rings (SSSR count). The third-order valence-electron chi connectivity index (χ3n) is 14.8. The lowest BCUT2D eigenvalue weighted by atomic mass is 9.99. The number of anilines is 1. The van der Waals surface area contributed by atoms with E-state index in [-0.39, 0.29) is 42.1 Å². The highest BCUT2D eigenvalue weighted by Crippen LogP contribution is 2.39. The lowest BCUT2D eigenvalue weighted by Gasteiger charge is -2.29. The van der Waals surface area contributed by atoms with E-state index in [1.165, 1.54) is 96.9 Å². The van der Waals surface area contributed by atoms with Gasteiger partial charge in [-0.1, -0.05) is 108 Å². The maximum Gasteiger partial charge on any atom is 0.321 e. The molecule has 0 aliphatic carbocycles. The van der Waals surface area contributed by atoms with E-state index in [2.05, 4.69) is 89.9 Å². The van der Waals surface area contributed by atoms with Crippen molar-refractivity contribution in [3.05, 3.63) is 260 Å². The number of carbonyl (C=O) groups excluding carboxylic acids is 4. The van der Waals surface area contributed by atoms with Crippen LogP contribution in [0.3, 0.4) is 0 Å². The zero-order valence-corrected chi connectivity index (χ0v) is 56.0. The van der Waals surface area contributed by atoms with Gasteiger partial charge >= 0.3 is 11.8 Å². The van der Waals surface area contributed by atoms with Crippen LogP contribution in [0.15, 0.2) is 203 Å². The number of aromatic nitrogens is 6. The fraction of sp³-hybridized carbons (Fsp3) is 0.203. The second-order valence-corrected chi connectivity index (χ2v) is 24.3. The highest BCUT2D eigenvalue weighted by molar-refractivity contribution is 9.10. The summed E-state index contributed by atoms with van der Waals surface area (Å²) in [6.45, 7) is 2.02. The van der Waals surface area contributed by atoms with Crippen LogP contribution in [-0.2, 0) is 37.6 Å². The van der Waals surface area contributed by atoms with E-state index in [0.717, 1.165) is 63.7 Å². The Hall–Kier alpha value is -9.18. The van der Waals surface area contributed by atoms with Crippen LogP contribution in [0.2, 0.25) is 0 Å². The van der Waals surface area contributed by atoms with Crippen LogP contribution in [0.5, 0.6) is 0 Å². The number of hydrogen-bond acceptors (Lipinski definition) is 8. The maximum atomic E-state index is 13.6. The molecule has 4 atom stereocenters. The summed E-state index contributed by atoms with van der Waals surface area (Å²) in [6, 6.07) is 43.7. The van der Waals surface area contributed by atoms with Crippen molar-refractivity contribution in [3.63, 3.8) is 0 Å². The van der Waals surface area contributed by atoms with Gasteiger partial charge in [-0.25, -0.2) is 22.0 Å². The summed E-state index contributed by atoms with van der Waals surface area (Å²) in [6.07, 6.45) is 4.98. The number of nitrogens with one attached hydrogen (secondary N) is 4. The molecule has 11 aromatic rings.